The highest BCUT2D eigenvalue weighted by atomic mass is 35.5. The highest BCUT2D eigenvalue weighted by Gasteiger charge is 2.65. The molecule has 0 radical (unpaired) electrons. The lowest BCUT2D eigenvalue weighted by Gasteiger charge is -2.26. The van der Waals surface area contributed by atoms with Crippen LogP contribution in [0, 0.1) is 4.91 Å². The van der Waals surface area contributed by atoms with E-state index in [0.29, 0.717) is 5.56 Å². The van der Waals surface area contributed by atoms with Crippen molar-refractivity contribution in [3.05, 3.63) is 40.8 Å². The average molecular weight is 342 g/mol. The summed E-state index contributed by atoms with van der Waals surface area (Å²) in [7, 11) is 0. The number of fused-ring (bicyclic) bond motifs is 1. The van der Waals surface area contributed by atoms with Crippen molar-refractivity contribution in [2.24, 2.45) is 5.18 Å². The van der Waals surface area contributed by atoms with E-state index < -0.39 is 35.3 Å². The van der Waals surface area contributed by atoms with Crippen molar-refractivity contribution in [2.75, 3.05) is 6.61 Å². The molecule has 0 amide bonds. The molecule has 2 fully saturated rings. The lowest BCUT2D eigenvalue weighted by Crippen LogP contribution is -2.44. The van der Waals surface area contributed by atoms with Crippen LogP contribution in [-0.2, 0) is 18.9 Å². The third-order valence-corrected chi connectivity index (χ3v) is 4.25. The van der Waals surface area contributed by atoms with Crippen molar-refractivity contribution >= 4 is 17.6 Å². The molecule has 0 aromatic heterocycles. The third kappa shape index (κ3) is 2.97. The zero-order valence-electron chi connectivity index (χ0n) is 12.6. The first-order valence-corrected chi connectivity index (χ1v) is 7.50. The van der Waals surface area contributed by atoms with Gasteiger partial charge in [0.15, 0.2) is 18.2 Å². The number of esters is 1. The van der Waals surface area contributed by atoms with E-state index in [4.69, 9.17) is 30.5 Å². The summed E-state index contributed by atoms with van der Waals surface area (Å²) in [5, 5.41) is 2.95. The molecule has 4 atom stereocenters. The Morgan fingerprint density at radius 3 is 2.65 bits per heavy atom. The number of nitroso groups, excluding NO2 is 1. The van der Waals surface area contributed by atoms with Gasteiger partial charge in [0, 0.05) is 0 Å². The van der Waals surface area contributed by atoms with E-state index in [9.17, 15) is 9.70 Å². The number of rotatable bonds is 4. The van der Waals surface area contributed by atoms with Crippen molar-refractivity contribution < 1.29 is 23.7 Å². The maximum atomic E-state index is 12.0. The fourth-order valence-electron chi connectivity index (χ4n) is 2.62. The molecule has 7 nitrogen and oxygen atoms in total. The first-order chi connectivity index (χ1) is 10.9. The zero-order valence-corrected chi connectivity index (χ0v) is 13.4. The second-order valence-corrected chi connectivity index (χ2v) is 6.44. The molecule has 0 bridgehead atoms. The van der Waals surface area contributed by atoms with Crippen LogP contribution in [-0.4, -0.2) is 41.9 Å². The number of nitrogens with zero attached hydrogens (tertiary/aromatic N) is 1. The average Bonchev–Trinajstić information content (AvgIpc) is 2.97. The van der Waals surface area contributed by atoms with Gasteiger partial charge in [-0.05, 0) is 31.2 Å². The Morgan fingerprint density at radius 2 is 2.00 bits per heavy atom. The lowest BCUT2D eigenvalue weighted by molar-refractivity contribution is -0.211. The third-order valence-electron chi connectivity index (χ3n) is 3.72. The first kappa shape index (κ1) is 16.3. The van der Waals surface area contributed by atoms with Crippen LogP contribution in [0.25, 0.3) is 0 Å². The molecule has 0 unspecified atom stereocenters. The highest BCUT2D eigenvalue weighted by Crippen LogP contribution is 2.47. The molecule has 3 rings (SSSR count). The van der Waals surface area contributed by atoms with E-state index in [-0.39, 0.29) is 6.61 Å². The van der Waals surface area contributed by atoms with Gasteiger partial charge in [-0.25, -0.2) is 4.79 Å². The number of benzene rings is 1. The fourth-order valence-corrected chi connectivity index (χ4v) is 2.88. The van der Waals surface area contributed by atoms with E-state index in [1.807, 2.05) is 0 Å². The molecular formula is C15H16ClNO6. The van der Waals surface area contributed by atoms with Crippen LogP contribution < -0.4 is 0 Å². The van der Waals surface area contributed by atoms with Crippen molar-refractivity contribution in [1.82, 2.24) is 0 Å². The fraction of sp³-hybridized carbons (Fsp3) is 0.533. The highest BCUT2D eigenvalue weighted by molar-refractivity contribution is 6.25. The number of halogens is 1. The minimum absolute atomic E-state index is 0.233. The topological polar surface area (TPSA) is 83.4 Å². The number of alkyl halides is 1. The number of carbonyl (C=O) groups excluding carboxylic acids is 1. The van der Waals surface area contributed by atoms with Crippen LogP contribution in [0.15, 0.2) is 35.5 Å². The van der Waals surface area contributed by atoms with Crippen LogP contribution >= 0.6 is 11.6 Å². The molecule has 2 heterocycles. The van der Waals surface area contributed by atoms with Crippen molar-refractivity contribution in [3.63, 3.8) is 0 Å². The molecule has 1 aromatic carbocycles. The number of hydrogen-bond acceptors (Lipinski definition) is 7. The van der Waals surface area contributed by atoms with Gasteiger partial charge >= 0.3 is 5.97 Å². The molecule has 8 heteroatoms. The van der Waals surface area contributed by atoms with Crippen LogP contribution in [0.4, 0.5) is 0 Å². The Labute approximate surface area is 137 Å². The van der Waals surface area contributed by atoms with E-state index in [1.165, 1.54) is 0 Å². The van der Waals surface area contributed by atoms with Crippen molar-refractivity contribution in [1.29, 1.82) is 0 Å². The van der Waals surface area contributed by atoms with Crippen LogP contribution in [0.3, 0.4) is 0 Å². The first-order valence-electron chi connectivity index (χ1n) is 7.12. The molecule has 0 aliphatic carbocycles. The molecule has 0 saturated carbocycles. The van der Waals surface area contributed by atoms with E-state index in [2.05, 4.69) is 5.18 Å². The molecule has 2 aliphatic heterocycles. The predicted molar refractivity (Wildman–Crippen MR) is 79.8 cm³/mol. The largest absolute Gasteiger partial charge is 0.459 e. The van der Waals surface area contributed by atoms with Crippen LogP contribution in [0.5, 0.6) is 0 Å². The second-order valence-electron chi connectivity index (χ2n) is 5.83. The molecule has 1 aromatic rings. The molecule has 0 spiro atoms. The van der Waals surface area contributed by atoms with Crippen molar-refractivity contribution in [2.45, 2.75) is 43.1 Å². The SMILES string of the molecule is CC1(C)O[C@H]2O[C@H](COC(=O)c3ccccc3)[C@@](Cl)(N=O)[C@H]2O1. The summed E-state index contributed by atoms with van der Waals surface area (Å²) in [4.78, 5) is 21.5. The Morgan fingerprint density at radius 1 is 1.30 bits per heavy atom. The molecule has 2 aliphatic rings. The summed E-state index contributed by atoms with van der Waals surface area (Å²) in [6.07, 6.45) is -2.65. The van der Waals surface area contributed by atoms with E-state index in [1.54, 1.807) is 44.2 Å². The summed E-state index contributed by atoms with van der Waals surface area (Å²) in [5.74, 6) is -1.47. The predicted octanol–water partition coefficient (Wildman–Crippen LogP) is 2.42. The monoisotopic (exact) mass is 341 g/mol. The molecule has 23 heavy (non-hydrogen) atoms. The Hall–Kier alpha value is -1.54. The zero-order chi connectivity index (χ0) is 16.7. The number of hydrogen-bond donors (Lipinski definition) is 0. The molecule has 2 saturated heterocycles. The number of carbonyl (C=O) groups is 1. The quantitative estimate of drug-likeness (QED) is 0.362. The van der Waals surface area contributed by atoms with Gasteiger partial charge in [0.05, 0.1) is 5.56 Å². The Balaban J connectivity index is 1.67. The van der Waals surface area contributed by atoms with Gasteiger partial charge in [-0.3, -0.25) is 0 Å². The smallest absolute Gasteiger partial charge is 0.338 e. The van der Waals surface area contributed by atoms with Crippen LogP contribution in [0.2, 0.25) is 0 Å². The van der Waals surface area contributed by atoms with E-state index >= 15 is 0 Å². The van der Waals surface area contributed by atoms with Gasteiger partial charge in [-0.1, -0.05) is 29.8 Å². The minimum Gasteiger partial charge on any atom is -0.459 e. The van der Waals surface area contributed by atoms with Gasteiger partial charge in [0.25, 0.3) is 0 Å². The normalized spacial score (nSPS) is 34.8. The van der Waals surface area contributed by atoms with Gasteiger partial charge in [-0.15, -0.1) is 4.91 Å². The lowest BCUT2D eigenvalue weighted by atomic mass is 10.1. The standard InChI is InChI=1S/C15H16ClNO6/c1-14(2)22-11-13(23-14)21-10(15(11,16)17-19)8-20-12(18)9-6-4-3-5-7-9/h3-7,10-11,13H,8H2,1-2H3/t10-,11+,13-,15-/m1/s1. The maximum absolute atomic E-state index is 12.0. The van der Waals surface area contributed by atoms with Gasteiger partial charge in [0.1, 0.15) is 12.7 Å². The minimum atomic E-state index is -1.71. The molecular weight excluding hydrogens is 326 g/mol. The Bertz CT molecular complexity index is 609. The molecule has 0 N–H and O–H groups in total. The van der Waals surface area contributed by atoms with Gasteiger partial charge in [-0.2, -0.15) is 0 Å². The van der Waals surface area contributed by atoms with Gasteiger partial charge < -0.3 is 18.9 Å². The van der Waals surface area contributed by atoms with Crippen molar-refractivity contribution in [3.8, 4) is 0 Å². The summed E-state index contributed by atoms with van der Waals surface area (Å²) in [6, 6.07) is 8.46. The molecule has 124 valence electrons. The number of ether oxygens (including phenoxy) is 4. The summed E-state index contributed by atoms with van der Waals surface area (Å²) < 4.78 is 21.8. The van der Waals surface area contributed by atoms with E-state index in [0.717, 1.165) is 0 Å². The summed E-state index contributed by atoms with van der Waals surface area (Å²) >= 11 is 6.28. The maximum Gasteiger partial charge on any atom is 0.338 e. The Kier molecular flexibility index (Phi) is 4.14. The van der Waals surface area contributed by atoms with Gasteiger partial charge in [0.2, 0.25) is 5.00 Å². The van der Waals surface area contributed by atoms with Crippen LogP contribution in [0.1, 0.15) is 24.2 Å². The summed E-state index contributed by atoms with van der Waals surface area (Å²) in [5.41, 5.74) is 0.388. The second kappa shape index (κ2) is 5.83. The summed E-state index contributed by atoms with van der Waals surface area (Å²) in [6.45, 7) is 3.13.